The van der Waals surface area contributed by atoms with E-state index in [0.717, 1.165) is 55.8 Å². The second kappa shape index (κ2) is 13.2. The molecule has 45 heavy (non-hydrogen) atoms. The molecule has 2 aliphatic heterocycles. The van der Waals surface area contributed by atoms with Gasteiger partial charge in [0.2, 0.25) is 5.75 Å². The first-order chi connectivity index (χ1) is 21.8. The maximum Gasteiger partial charge on any atom is 0.204 e. The van der Waals surface area contributed by atoms with Gasteiger partial charge >= 0.3 is 0 Å². The number of hydrogen-bond donors (Lipinski definition) is 0. The van der Waals surface area contributed by atoms with Crippen molar-refractivity contribution in [1.29, 1.82) is 0 Å². The monoisotopic (exact) mass is 628 g/mol. The van der Waals surface area contributed by atoms with Crippen LogP contribution in [0.5, 0.6) is 40.2 Å². The lowest BCUT2D eigenvalue weighted by molar-refractivity contribution is 0.221. The van der Waals surface area contributed by atoms with E-state index in [2.05, 4.69) is 54.2 Å². The second-order valence-electron chi connectivity index (χ2n) is 12.0. The Hall–Kier alpha value is -3.91. The summed E-state index contributed by atoms with van der Waals surface area (Å²) in [5.74, 6) is 4.67. The molecule has 2 heterocycles. The highest BCUT2D eigenvalue weighted by Gasteiger charge is 2.33. The number of ether oxygens (including phenoxy) is 5. The first-order valence-corrected chi connectivity index (χ1v) is 15.7. The lowest BCUT2D eigenvalue weighted by atomic mass is 9.87. The van der Waals surface area contributed by atoms with Crippen LogP contribution in [-0.2, 0) is 25.8 Å². The van der Waals surface area contributed by atoms with Crippen molar-refractivity contribution in [2.24, 2.45) is 0 Å². The third-order valence-corrected chi connectivity index (χ3v) is 9.23. The molecule has 0 bridgehead atoms. The summed E-state index contributed by atoms with van der Waals surface area (Å²) >= 11 is 6.38. The van der Waals surface area contributed by atoms with E-state index in [9.17, 15) is 0 Å². The second-order valence-corrected chi connectivity index (χ2v) is 12.4. The van der Waals surface area contributed by atoms with Gasteiger partial charge in [0.1, 0.15) is 11.5 Å². The Morgan fingerprint density at radius 1 is 0.711 bits per heavy atom. The summed E-state index contributed by atoms with van der Waals surface area (Å²) in [5.41, 5.74) is 7.11. The third kappa shape index (κ3) is 6.43. The maximum atomic E-state index is 6.88. The van der Waals surface area contributed by atoms with Gasteiger partial charge in [-0.25, -0.2) is 0 Å². The summed E-state index contributed by atoms with van der Waals surface area (Å²) in [6.07, 6.45) is 2.62. The zero-order valence-electron chi connectivity index (χ0n) is 26.9. The number of hydrogen-bond acceptors (Lipinski definition) is 7. The van der Waals surface area contributed by atoms with E-state index in [0.29, 0.717) is 39.5 Å². The van der Waals surface area contributed by atoms with E-state index in [1.54, 1.807) is 21.3 Å². The predicted octanol–water partition coefficient (Wildman–Crippen LogP) is 8.02. The van der Waals surface area contributed by atoms with Crippen LogP contribution in [0.15, 0.2) is 60.7 Å². The molecule has 7 nitrogen and oxygen atoms in total. The Balaban J connectivity index is 1.36. The van der Waals surface area contributed by atoms with Gasteiger partial charge in [0.25, 0.3) is 0 Å². The number of nitrogens with zero attached hydrogens (tertiary/aromatic N) is 2. The molecule has 4 aromatic carbocycles. The predicted molar refractivity (Wildman–Crippen MR) is 178 cm³/mol. The minimum absolute atomic E-state index is 0.0382. The van der Waals surface area contributed by atoms with Crippen LogP contribution in [-0.4, -0.2) is 58.3 Å². The summed E-state index contributed by atoms with van der Waals surface area (Å²) in [7, 11) is 9.34. The number of methoxy groups -OCH3 is 3. The Bertz CT molecular complexity index is 1690. The molecule has 1 atom stereocenters. The van der Waals surface area contributed by atoms with E-state index in [4.69, 9.17) is 35.3 Å². The van der Waals surface area contributed by atoms with Gasteiger partial charge in [-0.05, 0) is 111 Å². The lowest BCUT2D eigenvalue weighted by Gasteiger charge is -2.37. The first kappa shape index (κ1) is 31.1. The molecule has 0 saturated heterocycles. The van der Waals surface area contributed by atoms with Crippen LogP contribution in [0.2, 0.25) is 5.02 Å². The maximum absolute atomic E-state index is 6.88. The van der Waals surface area contributed by atoms with E-state index < -0.39 is 0 Å². The molecule has 6 rings (SSSR count). The quantitative estimate of drug-likeness (QED) is 0.186. The van der Waals surface area contributed by atoms with Crippen LogP contribution in [0.1, 0.15) is 39.4 Å². The van der Waals surface area contributed by atoms with Gasteiger partial charge in [-0.1, -0.05) is 29.8 Å². The van der Waals surface area contributed by atoms with Crippen LogP contribution < -0.4 is 23.7 Å². The van der Waals surface area contributed by atoms with Crippen LogP contribution in [0, 0.1) is 6.92 Å². The molecule has 4 aromatic rings. The van der Waals surface area contributed by atoms with E-state index in [1.165, 1.54) is 22.3 Å². The summed E-state index contributed by atoms with van der Waals surface area (Å²) in [5, 5.41) is 0.588. The molecule has 2 aliphatic rings. The van der Waals surface area contributed by atoms with Crippen molar-refractivity contribution < 1.29 is 23.7 Å². The zero-order valence-corrected chi connectivity index (χ0v) is 27.7. The molecule has 0 N–H and O–H groups in total. The van der Waals surface area contributed by atoms with Crippen LogP contribution in [0.4, 0.5) is 0 Å². The molecular formula is C37H41ClN2O5. The Morgan fingerprint density at radius 2 is 1.42 bits per heavy atom. The van der Waals surface area contributed by atoms with Gasteiger partial charge < -0.3 is 28.6 Å². The summed E-state index contributed by atoms with van der Waals surface area (Å²) in [4.78, 5) is 4.71. The summed E-state index contributed by atoms with van der Waals surface area (Å²) in [6.45, 7) is 4.82. The Labute approximate surface area is 271 Å². The summed E-state index contributed by atoms with van der Waals surface area (Å²) < 4.78 is 30.7. The minimum atomic E-state index is 0.0382. The fourth-order valence-electron chi connectivity index (χ4n) is 6.42. The molecule has 0 amide bonds. The van der Waals surface area contributed by atoms with E-state index in [-0.39, 0.29) is 6.04 Å². The Kier molecular flexibility index (Phi) is 9.13. The molecule has 0 radical (unpaired) electrons. The standard InChI is InChI=1S/C37H41ClN2O5/c1-23-7-12-29(38)31(17-23)44-28-10-8-24(9-11-28)18-30-35-26(14-16-40(30)3)20-34(42-5)36(43-6)37(35)45-33-21-27-22-39(2)15-13-25(27)19-32(33)41-4/h7-12,17,19-21,30H,13-16,18,22H2,1-6H3/t30-/m0/s1. The van der Waals surface area contributed by atoms with Crippen molar-refractivity contribution in [3.63, 3.8) is 0 Å². The number of rotatable bonds is 9. The highest BCUT2D eigenvalue weighted by molar-refractivity contribution is 6.32. The van der Waals surface area contributed by atoms with Gasteiger partial charge in [-0.2, -0.15) is 0 Å². The average Bonchev–Trinajstić information content (AvgIpc) is 3.04. The van der Waals surface area contributed by atoms with Crippen LogP contribution in [0.3, 0.4) is 0 Å². The van der Waals surface area contributed by atoms with Crippen molar-refractivity contribution >= 4 is 11.6 Å². The van der Waals surface area contributed by atoms with E-state index in [1.807, 2.05) is 37.3 Å². The molecule has 0 fully saturated rings. The van der Waals surface area contributed by atoms with Crippen LogP contribution in [0.25, 0.3) is 0 Å². The highest BCUT2D eigenvalue weighted by Crippen LogP contribution is 2.51. The minimum Gasteiger partial charge on any atom is -0.493 e. The SMILES string of the molecule is COc1cc2c(cc1Oc1c(OC)c(OC)cc3c1[C@H](Cc1ccc(Oc4cc(C)ccc4Cl)cc1)N(C)CC3)CN(C)CC2. The fraction of sp³-hybridized carbons (Fsp3) is 0.351. The first-order valence-electron chi connectivity index (χ1n) is 15.3. The lowest BCUT2D eigenvalue weighted by Crippen LogP contribution is -2.34. The molecule has 236 valence electrons. The van der Waals surface area contributed by atoms with Crippen molar-refractivity contribution in [3.8, 4) is 40.2 Å². The zero-order chi connectivity index (χ0) is 31.7. The Morgan fingerprint density at radius 3 is 2.16 bits per heavy atom. The fourth-order valence-corrected chi connectivity index (χ4v) is 6.57. The third-order valence-electron chi connectivity index (χ3n) is 8.92. The molecule has 0 saturated carbocycles. The summed E-state index contributed by atoms with van der Waals surface area (Å²) in [6, 6.07) is 20.4. The number of halogens is 1. The van der Waals surface area contributed by atoms with Crippen molar-refractivity contribution in [1.82, 2.24) is 9.80 Å². The van der Waals surface area contributed by atoms with Gasteiger partial charge in [-0.15, -0.1) is 0 Å². The van der Waals surface area contributed by atoms with Gasteiger partial charge in [0.05, 0.1) is 26.4 Å². The molecule has 0 unspecified atom stereocenters. The largest absolute Gasteiger partial charge is 0.493 e. The topological polar surface area (TPSA) is 52.6 Å². The number of benzene rings is 4. The number of likely N-dealkylation sites (N-methyl/N-ethyl adjacent to an activating group) is 2. The van der Waals surface area contributed by atoms with Crippen molar-refractivity contribution in [2.45, 2.75) is 38.8 Å². The smallest absolute Gasteiger partial charge is 0.204 e. The van der Waals surface area contributed by atoms with Crippen molar-refractivity contribution in [2.75, 3.05) is 48.5 Å². The van der Waals surface area contributed by atoms with Gasteiger partial charge in [-0.3, -0.25) is 4.90 Å². The van der Waals surface area contributed by atoms with E-state index >= 15 is 0 Å². The average molecular weight is 629 g/mol. The van der Waals surface area contributed by atoms with Crippen molar-refractivity contribution in [3.05, 3.63) is 99.1 Å². The van der Waals surface area contributed by atoms with Crippen LogP contribution >= 0.6 is 11.6 Å². The van der Waals surface area contributed by atoms with Gasteiger partial charge in [0.15, 0.2) is 23.0 Å². The normalized spacial score (nSPS) is 16.5. The molecule has 8 heteroatoms. The number of aryl methyl sites for hydroxylation is 1. The molecule has 0 aromatic heterocycles. The highest BCUT2D eigenvalue weighted by atomic mass is 35.5. The molecule has 0 spiro atoms. The molecule has 0 aliphatic carbocycles. The molecular weight excluding hydrogens is 588 g/mol. The number of fused-ring (bicyclic) bond motifs is 2. The van der Waals surface area contributed by atoms with Gasteiger partial charge in [0, 0.05) is 31.2 Å².